The Balaban J connectivity index is 2.18. The molecule has 1 saturated heterocycles. The topological polar surface area (TPSA) is 29.5 Å². The van der Waals surface area contributed by atoms with Crippen molar-refractivity contribution >= 4 is 0 Å². The Morgan fingerprint density at radius 1 is 1.50 bits per heavy atom. The van der Waals surface area contributed by atoms with E-state index in [9.17, 15) is 9.50 Å². The minimum absolute atomic E-state index is 0.0919. The average Bonchev–Trinajstić information content (AvgIpc) is 2.32. The number of aliphatic hydroxyl groups is 1. The Bertz CT molecular complexity index is 359. The van der Waals surface area contributed by atoms with Crippen LogP contribution in [-0.4, -0.2) is 18.3 Å². The van der Waals surface area contributed by atoms with Crippen molar-refractivity contribution in [3.05, 3.63) is 35.1 Å². The van der Waals surface area contributed by atoms with E-state index in [0.29, 0.717) is 12.2 Å². The van der Waals surface area contributed by atoms with Gasteiger partial charge in [-0.05, 0) is 43.0 Å². The van der Waals surface area contributed by atoms with Gasteiger partial charge in [0.05, 0.1) is 12.7 Å². The standard InChI is InChI=1S/C13H17FO2/c1-9-4-5-11(14)7-12(9)13(15)10-3-2-6-16-8-10/h4-5,7,10,13,15H,2-3,6,8H2,1H3. The highest BCUT2D eigenvalue weighted by Gasteiger charge is 2.24. The predicted molar refractivity (Wildman–Crippen MR) is 59.6 cm³/mol. The van der Waals surface area contributed by atoms with Crippen molar-refractivity contribution < 1.29 is 14.2 Å². The Hall–Kier alpha value is -0.930. The van der Waals surface area contributed by atoms with Crippen molar-refractivity contribution in [3.8, 4) is 0 Å². The second-order valence-corrected chi connectivity index (χ2v) is 4.42. The normalized spacial score (nSPS) is 23.1. The van der Waals surface area contributed by atoms with Gasteiger partial charge in [-0.2, -0.15) is 0 Å². The van der Waals surface area contributed by atoms with Crippen LogP contribution in [0.15, 0.2) is 18.2 Å². The number of aliphatic hydroxyl groups excluding tert-OH is 1. The van der Waals surface area contributed by atoms with Gasteiger partial charge in [0.1, 0.15) is 5.82 Å². The molecule has 0 aliphatic carbocycles. The van der Waals surface area contributed by atoms with Gasteiger partial charge >= 0.3 is 0 Å². The van der Waals surface area contributed by atoms with E-state index in [-0.39, 0.29) is 11.7 Å². The van der Waals surface area contributed by atoms with E-state index in [1.807, 2.05) is 6.92 Å². The molecule has 0 saturated carbocycles. The van der Waals surface area contributed by atoms with Crippen LogP contribution in [0.3, 0.4) is 0 Å². The number of hydrogen-bond donors (Lipinski definition) is 1. The first-order chi connectivity index (χ1) is 7.68. The Morgan fingerprint density at radius 3 is 3.00 bits per heavy atom. The van der Waals surface area contributed by atoms with Crippen LogP contribution in [0.1, 0.15) is 30.1 Å². The molecule has 3 heteroatoms. The third-order valence-electron chi connectivity index (χ3n) is 3.20. The highest BCUT2D eigenvalue weighted by molar-refractivity contribution is 5.29. The molecule has 0 radical (unpaired) electrons. The van der Waals surface area contributed by atoms with Crippen molar-refractivity contribution in [2.24, 2.45) is 5.92 Å². The van der Waals surface area contributed by atoms with E-state index in [1.165, 1.54) is 12.1 Å². The molecule has 1 aromatic rings. The van der Waals surface area contributed by atoms with Gasteiger partial charge < -0.3 is 9.84 Å². The number of ether oxygens (including phenoxy) is 1. The van der Waals surface area contributed by atoms with Crippen molar-refractivity contribution in [3.63, 3.8) is 0 Å². The Kier molecular flexibility index (Phi) is 3.56. The van der Waals surface area contributed by atoms with E-state index >= 15 is 0 Å². The van der Waals surface area contributed by atoms with Gasteiger partial charge in [-0.25, -0.2) is 4.39 Å². The van der Waals surface area contributed by atoms with Crippen molar-refractivity contribution in [2.45, 2.75) is 25.9 Å². The molecule has 0 aromatic heterocycles. The Morgan fingerprint density at radius 2 is 2.31 bits per heavy atom. The number of aryl methyl sites for hydroxylation is 1. The summed E-state index contributed by atoms with van der Waals surface area (Å²) in [5, 5.41) is 10.2. The first-order valence-corrected chi connectivity index (χ1v) is 5.70. The summed E-state index contributed by atoms with van der Waals surface area (Å²) in [6.45, 7) is 3.23. The Labute approximate surface area is 95.1 Å². The minimum atomic E-state index is -0.615. The molecule has 0 bridgehead atoms. The molecule has 1 heterocycles. The van der Waals surface area contributed by atoms with E-state index in [0.717, 1.165) is 25.0 Å². The lowest BCUT2D eigenvalue weighted by molar-refractivity contribution is -0.0103. The van der Waals surface area contributed by atoms with Crippen LogP contribution in [0.4, 0.5) is 4.39 Å². The lowest BCUT2D eigenvalue weighted by Gasteiger charge is -2.27. The highest BCUT2D eigenvalue weighted by atomic mass is 19.1. The van der Waals surface area contributed by atoms with E-state index in [4.69, 9.17) is 4.74 Å². The van der Waals surface area contributed by atoms with Crippen LogP contribution in [-0.2, 0) is 4.74 Å². The van der Waals surface area contributed by atoms with Crippen LogP contribution in [0.5, 0.6) is 0 Å². The molecule has 0 amide bonds. The molecule has 2 atom stereocenters. The second-order valence-electron chi connectivity index (χ2n) is 4.42. The average molecular weight is 224 g/mol. The van der Waals surface area contributed by atoms with Crippen LogP contribution >= 0.6 is 0 Å². The van der Waals surface area contributed by atoms with Crippen molar-refractivity contribution in [1.82, 2.24) is 0 Å². The number of rotatable bonds is 2. The van der Waals surface area contributed by atoms with Crippen LogP contribution in [0.2, 0.25) is 0 Å². The zero-order chi connectivity index (χ0) is 11.5. The van der Waals surface area contributed by atoms with Crippen LogP contribution in [0, 0.1) is 18.7 Å². The summed E-state index contributed by atoms with van der Waals surface area (Å²) in [6.07, 6.45) is 1.30. The third-order valence-corrected chi connectivity index (χ3v) is 3.20. The van der Waals surface area contributed by atoms with Crippen molar-refractivity contribution in [1.29, 1.82) is 0 Å². The maximum absolute atomic E-state index is 13.1. The van der Waals surface area contributed by atoms with Gasteiger partial charge in [0.15, 0.2) is 0 Å². The lowest BCUT2D eigenvalue weighted by atomic mass is 9.89. The number of halogens is 1. The predicted octanol–water partition coefficient (Wildman–Crippen LogP) is 2.59. The molecule has 1 N–H and O–H groups in total. The van der Waals surface area contributed by atoms with E-state index < -0.39 is 6.10 Å². The summed E-state index contributed by atoms with van der Waals surface area (Å²) in [6, 6.07) is 4.55. The number of hydrogen-bond acceptors (Lipinski definition) is 2. The van der Waals surface area contributed by atoms with E-state index in [1.54, 1.807) is 6.07 Å². The van der Waals surface area contributed by atoms with Crippen molar-refractivity contribution in [2.75, 3.05) is 13.2 Å². The summed E-state index contributed by atoms with van der Waals surface area (Å²) in [5.41, 5.74) is 1.62. The van der Waals surface area contributed by atoms with Gasteiger partial charge in [0.2, 0.25) is 0 Å². The first kappa shape index (κ1) is 11.6. The maximum Gasteiger partial charge on any atom is 0.123 e. The highest BCUT2D eigenvalue weighted by Crippen LogP contribution is 2.30. The molecular formula is C13H17FO2. The van der Waals surface area contributed by atoms with Crippen LogP contribution < -0.4 is 0 Å². The smallest absolute Gasteiger partial charge is 0.123 e. The first-order valence-electron chi connectivity index (χ1n) is 5.70. The fraction of sp³-hybridized carbons (Fsp3) is 0.538. The summed E-state index contributed by atoms with van der Waals surface area (Å²) in [4.78, 5) is 0. The molecule has 2 rings (SSSR count). The fourth-order valence-corrected chi connectivity index (χ4v) is 2.20. The zero-order valence-corrected chi connectivity index (χ0v) is 9.45. The molecule has 1 aromatic carbocycles. The number of benzene rings is 1. The van der Waals surface area contributed by atoms with Crippen LogP contribution in [0.25, 0.3) is 0 Å². The van der Waals surface area contributed by atoms with Gasteiger partial charge in [-0.1, -0.05) is 6.07 Å². The van der Waals surface area contributed by atoms with Gasteiger partial charge in [-0.15, -0.1) is 0 Å². The van der Waals surface area contributed by atoms with E-state index in [2.05, 4.69) is 0 Å². The molecule has 1 aliphatic heterocycles. The molecule has 2 unspecified atom stereocenters. The van der Waals surface area contributed by atoms with Gasteiger partial charge in [0.25, 0.3) is 0 Å². The summed E-state index contributed by atoms with van der Waals surface area (Å²) in [5.74, 6) is -0.203. The van der Waals surface area contributed by atoms with Gasteiger partial charge in [0, 0.05) is 12.5 Å². The van der Waals surface area contributed by atoms with Gasteiger partial charge in [-0.3, -0.25) is 0 Å². The molecule has 0 spiro atoms. The maximum atomic E-state index is 13.1. The summed E-state index contributed by atoms with van der Waals surface area (Å²) >= 11 is 0. The molecule has 88 valence electrons. The zero-order valence-electron chi connectivity index (χ0n) is 9.45. The second kappa shape index (κ2) is 4.93. The molecule has 16 heavy (non-hydrogen) atoms. The lowest BCUT2D eigenvalue weighted by Crippen LogP contribution is -2.24. The summed E-state index contributed by atoms with van der Waals surface area (Å²) in [7, 11) is 0. The third kappa shape index (κ3) is 2.42. The quantitative estimate of drug-likeness (QED) is 0.836. The largest absolute Gasteiger partial charge is 0.388 e. The monoisotopic (exact) mass is 224 g/mol. The SMILES string of the molecule is Cc1ccc(F)cc1C(O)C1CCCOC1. The molecular weight excluding hydrogens is 207 g/mol. The fourth-order valence-electron chi connectivity index (χ4n) is 2.20. The minimum Gasteiger partial charge on any atom is -0.388 e. The summed E-state index contributed by atoms with van der Waals surface area (Å²) < 4.78 is 18.5. The molecule has 1 fully saturated rings. The molecule has 2 nitrogen and oxygen atoms in total. The molecule has 1 aliphatic rings.